The average molecular weight is 383 g/mol. The monoisotopic (exact) mass is 383 g/mol. The highest BCUT2D eigenvalue weighted by molar-refractivity contribution is 7.99. The van der Waals surface area contributed by atoms with Crippen molar-refractivity contribution < 1.29 is 22.8 Å². The molecule has 0 unspecified atom stereocenters. The van der Waals surface area contributed by atoms with Crippen LogP contribution >= 0.6 is 11.8 Å². The summed E-state index contributed by atoms with van der Waals surface area (Å²) in [6, 6.07) is 7.25. The van der Waals surface area contributed by atoms with Crippen LogP contribution in [0.5, 0.6) is 0 Å². The van der Waals surface area contributed by atoms with Crippen molar-refractivity contribution in [3.8, 4) is 0 Å². The summed E-state index contributed by atoms with van der Waals surface area (Å²) in [5.74, 6) is -0.567. The van der Waals surface area contributed by atoms with Gasteiger partial charge < -0.3 is 10.6 Å². The van der Waals surface area contributed by atoms with E-state index in [0.29, 0.717) is 22.0 Å². The minimum atomic E-state index is -4.44. The summed E-state index contributed by atoms with van der Waals surface area (Å²) >= 11 is 1.03. The van der Waals surface area contributed by atoms with Crippen molar-refractivity contribution in [2.75, 3.05) is 16.4 Å². The van der Waals surface area contributed by atoms with Crippen LogP contribution in [0.2, 0.25) is 0 Å². The van der Waals surface area contributed by atoms with E-state index in [1.54, 1.807) is 25.1 Å². The molecule has 1 aromatic heterocycles. The first kappa shape index (κ1) is 19.8. The molecular weight excluding hydrogens is 367 g/mol. The Morgan fingerprint density at radius 1 is 1.12 bits per heavy atom. The Morgan fingerprint density at radius 3 is 2.31 bits per heavy atom. The lowest BCUT2D eigenvalue weighted by Gasteiger charge is -2.12. The quantitative estimate of drug-likeness (QED) is 0.763. The molecule has 0 bridgehead atoms. The summed E-state index contributed by atoms with van der Waals surface area (Å²) in [5, 5.41) is 5.69. The minimum absolute atomic E-state index is 0.0117. The van der Waals surface area contributed by atoms with Gasteiger partial charge >= 0.3 is 6.18 Å². The lowest BCUT2D eigenvalue weighted by molar-refractivity contribution is -0.137. The highest BCUT2D eigenvalue weighted by Gasteiger charge is 2.30. The van der Waals surface area contributed by atoms with Gasteiger partial charge in [-0.3, -0.25) is 9.59 Å². The Bertz CT molecular complexity index is 808. The number of thioether (sulfide) groups is 1. The van der Waals surface area contributed by atoms with Crippen LogP contribution in [-0.4, -0.2) is 22.6 Å². The van der Waals surface area contributed by atoms with Crippen LogP contribution in [0.1, 0.15) is 18.1 Å². The maximum Gasteiger partial charge on any atom is 0.417 e. The summed E-state index contributed by atoms with van der Waals surface area (Å²) in [7, 11) is 0. The van der Waals surface area contributed by atoms with Crippen molar-refractivity contribution >= 4 is 35.0 Å². The lowest BCUT2D eigenvalue weighted by atomic mass is 10.1. The van der Waals surface area contributed by atoms with E-state index in [9.17, 15) is 22.8 Å². The van der Waals surface area contributed by atoms with Crippen LogP contribution in [0.15, 0.2) is 41.6 Å². The number of nitrogens with one attached hydrogen (secondary N) is 2. The first-order chi connectivity index (χ1) is 12.2. The number of hydrogen-bond acceptors (Lipinski definition) is 4. The van der Waals surface area contributed by atoms with E-state index in [0.717, 1.165) is 24.0 Å². The molecule has 26 heavy (non-hydrogen) atoms. The van der Waals surface area contributed by atoms with Crippen molar-refractivity contribution in [2.45, 2.75) is 25.0 Å². The molecule has 0 aliphatic heterocycles. The fourth-order valence-electron chi connectivity index (χ4n) is 2.06. The SMILES string of the molecule is CC(=O)Nc1cccc(NC(=O)CSc2ccc(C(F)(F)F)cn2)c1C. The molecule has 2 rings (SSSR count). The molecule has 0 radical (unpaired) electrons. The van der Waals surface area contributed by atoms with E-state index in [1.807, 2.05) is 0 Å². The van der Waals surface area contributed by atoms with Crippen molar-refractivity contribution in [3.05, 3.63) is 47.7 Å². The Balaban J connectivity index is 1.96. The van der Waals surface area contributed by atoms with Gasteiger partial charge in [-0.2, -0.15) is 13.2 Å². The molecular formula is C17H16F3N3O2S. The van der Waals surface area contributed by atoms with Gasteiger partial charge in [0.25, 0.3) is 0 Å². The highest BCUT2D eigenvalue weighted by Crippen LogP contribution is 2.29. The summed E-state index contributed by atoms with van der Waals surface area (Å²) in [5.41, 5.74) is 1.00. The number of benzene rings is 1. The molecule has 9 heteroatoms. The number of nitrogens with zero attached hydrogens (tertiary/aromatic N) is 1. The number of halogens is 3. The van der Waals surface area contributed by atoms with E-state index < -0.39 is 11.7 Å². The van der Waals surface area contributed by atoms with Gasteiger partial charge in [0.1, 0.15) is 0 Å². The lowest BCUT2D eigenvalue weighted by Crippen LogP contribution is -2.16. The minimum Gasteiger partial charge on any atom is -0.326 e. The summed E-state index contributed by atoms with van der Waals surface area (Å²) in [4.78, 5) is 26.9. The van der Waals surface area contributed by atoms with Crippen LogP contribution in [0.25, 0.3) is 0 Å². The van der Waals surface area contributed by atoms with Crippen molar-refractivity contribution in [1.29, 1.82) is 0 Å². The fraction of sp³-hybridized carbons (Fsp3) is 0.235. The van der Waals surface area contributed by atoms with Gasteiger partial charge in [0, 0.05) is 24.5 Å². The second kappa shape index (κ2) is 8.22. The van der Waals surface area contributed by atoms with Gasteiger partial charge in [0.05, 0.1) is 16.3 Å². The predicted molar refractivity (Wildman–Crippen MR) is 94.1 cm³/mol. The van der Waals surface area contributed by atoms with E-state index >= 15 is 0 Å². The van der Waals surface area contributed by atoms with Crippen molar-refractivity contribution in [2.24, 2.45) is 0 Å². The molecule has 0 atom stereocenters. The molecule has 0 saturated heterocycles. The number of aromatic nitrogens is 1. The van der Waals surface area contributed by atoms with Crippen LogP contribution in [0.4, 0.5) is 24.5 Å². The van der Waals surface area contributed by atoms with Crippen LogP contribution in [-0.2, 0) is 15.8 Å². The fourth-order valence-corrected chi connectivity index (χ4v) is 2.70. The second-order valence-electron chi connectivity index (χ2n) is 5.38. The molecule has 0 aliphatic rings. The standard InChI is InChI=1S/C17H16F3N3O2S/c1-10-13(22-11(2)24)4-3-5-14(10)23-15(25)9-26-16-7-6-12(8-21-16)17(18,19)20/h3-8H,9H2,1-2H3,(H,22,24)(H,23,25). The number of carbonyl (C=O) groups excluding carboxylic acids is 2. The molecule has 0 spiro atoms. The Morgan fingerprint density at radius 2 is 1.77 bits per heavy atom. The Kier molecular flexibility index (Phi) is 6.25. The second-order valence-corrected chi connectivity index (χ2v) is 6.37. The van der Waals surface area contributed by atoms with Gasteiger partial charge in [-0.05, 0) is 36.8 Å². The third-order valence-electron chi connectivity index (χ3n) is 3.33. The maximum absolute atomic E-state index is 12.5. The maximum atomic E-state index is 12.5. The van der Waals surface area contributed by atoms with Crippen LogP contribution < -0.4 is 10.6 Å². The first-order valence-electron chi connectivity index (χ1n) is 7.50. The Hall–Kier alpha value is -2.55. The number of carbonyl (C=O) groups is 2. The molecule has 0 fully saturated rings. The highest BCUT2D eigenvalue weighted by atomic mass is 32.2. The zero-order valence-electron chi connectivity index (χ0n) is 14.0. The zero-order chi connectivity index (χ0) is 19.3. The number of alkyl halides is 3. The predicted octanol–water partition coefficient (Wildman–Crippen LogP) is 4.10. The van der Waals surface area contributed by atoms with E-state index in [2.05, 4.69) is 15.6 Å². The number of anilines is 2. The molecule has 138 valence electrons. The normalized spacial score (nSPS) is 11.1. The van der Waals surface area contributed by atoms with Gasteiger partial charge in [-0.25, -0.2) is 4.98 Å². The molecule has 1 heterocycles. The van der Waals surface area contributed by atoms with Crippen LogP contribution in [0.3, 0.4) is 0 Å². The van der Waals surface area contributed by atoms with Crippen molar-refractivity contribution in [1.82, 2.24) is 4.98 Å². The summed E-state index contributed by atoms with van der Waals surface area (Å²) < 4.78 is 37.5. The molecule has 1 aromatic carbocycles. The Labute approximate surface area is 152 Å². The molecule has 5 nitrogen and oxygen atoms in total. The van der Waals surface area contributed by atoms with Crippen LogP contribution in [0, 0.1) is 6.92 Å². The van der Waals surface area contributed by atoms with E-state index in [-0.39, 0.29) is 17.6 Å². The summed E-state index contributed by atoms with van der Waals surface area (Å²) in [6.45, 7) is 3.14. The van der Waals surface area contributed by atoms with E-state index in [4.69, 9.17) is 0 Å². The number of amides is 2. The summed E-state index contributed by atoms with van der Waals surface area (Å²) in [6.07, 6.45) is -3.70. The molecule has 2 N–H and O–H groups in total. The van der Waals surface area contributed by atoms with Gasteiger partial charge in [0.15, 0.2) is 0 Å². The number of hydrogen-bond donors (Lipinski definition) is 2. The third-order valence-corrected chi connectivity index (χ3v) is 4.28. The molecule has 2 aromatic rings. The zero-order valence-corrected chi connectivity index (χ0v) is 14.8. The molecule has 0 aliphatic carbocycles. The molecule has 2 amide bonds. The average Bonchev–Trinajstić information content (AvgIpc) is 2.56. The van der Waals surface area contributed by atoms with Gasteiger partial charge in [-0.15, -0.1) is 0 Å². The molecule has 0 saturated carbocycles. The largest absolute Gasteiger partial charge is 0.417 e. The van der Waals surface area contributed by atoms with Gasteiger partial charge in [-0.1, -0.05) is 17.8 Å². The van der Waals surface area contributed by atoms with Gasteiger partial charge in [0.2, 0.25) is 11.8 Å². The number of rotatable bonds is 5. The van der Waals surface area contributed by atoms with Crippen molar-refractivity contribution in [3.63, 3.8) is 0 Å². The third kappa shape index (κ3) is 5.48. The number of pyridine rings is 1. The van der Waals surface area contributed by atoms with E-state index in [1.165, 1.54) is 13.0 Å². The topological polar surface area (TPSA) is 71.1 Å². The smallest absolute Gasteiger partial charge is 0.326 e. The first-order valence-corrected chi connectivity index (χ1v) is 8.48.